The highest BCUT2D eigenvalue weighted by molar-refractivity contribution is 5.82. The van der Waals surface area contributed by atoms with E-state index in [0.29, 0.717) is 13.1 Å². The molecule has 2 aromatic heterocycles. The standard InChI is InChI=1S/C20H23N7O/c1-15(16-4-3-5-17(10-16)27-7-6-21-14-27)24-18-11-19(23-13-22-18)26-9-8-25(2)20(28)12-26/h3-7,10-11,13-15H,8-9,12H2,1-2H3,(H,22,23,24). The summed E-state index contributed by atoms with van der Waals surface area (Å²) >= 11 is 0. The van der Waals surface area contributed by atoms with E-state index in [1.54, 1.807) is 17.4 Å². The first-order valence-corrected chi connectivity index (χ1v) is 9.26. The number of nitrogens with zero attached hydrogens (tertiary/aromatic N) is 6. The van der Waals surface area contributed by atoms with Crippen molar-refractivity contribution in [2.45, 2.75) is 13.0 Å². The SMILES string of the molecule is CC(Nc1cc(N2CCN(C)C(=O)C2)ncn1)c1cccc(-n2ccnc2)c1. The fraction of sp³-hybridized carbons (Fsp3) is 0.300. The van der Waals surface area contributed by atoms with Crippen LogP contribution in [-0.2, 0) is 4.79 Å². The third-order valence-electron chi connectivity index (χ3n) is 4.97. The number of likely N-dealkylation sites (N-methyl/N-ethyl adjacent to an activating group) is 1. The van der Waals surface area contributed by atoms with Crippen molar-refractivity contribution in [3.63, 3.8) is 0 Å². The third kappa shape index (κ3) is 3.80. The summed E-state index contributed by atoms with van der Waals surface area (Å²) in [6.07, 6.45) is 7.01. The molecule has 0 bridgehead atoms. The lowest BCUT2D eigenvalue weighted by Gasteiger charge is -2.32. The van der Waals surface area contributed by atoms with E-state index in [1.165, 1.54) is 6.33 Å². The van der Waals surface area contributed by atoms with Gasteiger partial charge in [0.15, 0.2) is 0 Å². The molecule has 0 spiro atoms. The van der Waals surface area contributed by atoms with E-state index in [2.05, 4.69) is 39.3 Å². The molecule has 3 heterocycles. The van der Waals surface area contributed by atoms with Crippen LogP contribution in [0.5, 0.6) is 0 Å². The van der Waals surface area contributed by atoms with Crippen molar-refractivity contribution in [2.75, 3.05) is 36.9 Å². The molecule has 1 N–H and O–H groups in total. The van der Waals surface area contributed by atoms with E-state index >= 15 is 0 Å². The largest absolute Gasteiger partial charge is 0.363 e. The Morgan fingerprint density at radius 3 is 2.86 bits per heavy atom. The van der Waals surface area contributed by atoms with Gasteiger partial charge >= 0.3 is 0 Å². The van der Waals surface area contributed by atoms with Crippen molar-refractivity contribution in [2.24, 2.45) is 0 Å². The number of amides is 1. The lowest BCUT2D eigenvalue weighted by molar-refractivity contribution is -0.129. The van der Waals surface area contributed by atoms with Crippen molar-refractivity contribution < 1.29 is 4.79 Å². The minimum Gasteiger partial charge on any atom is -0.363 e. The van der Waals surface area contributed by atoms with Crippen LogP contribution < -0.4 is 10.2 Å². The maximum Gasteiger partial charge on any atom is 0.241 e. The highest BCUT2D eigenvalue weighted by Gasteiger charge is 2.22. The smallest absolute Gasteiger partial charge is 0.241 e. The second-order valence-corrected chi connectivity index (χ2v) is 6.93. The Labute approximate surface area is 163 Å². The molecule has 1 aromatic carbocycles. The number of hydrogen-bond acceptors (Lipinski definition) is 6. The Bertz CT molecular complexity index is 957. The summed E-state index contributed by atoms with van der Waals surface area (Å²) in [6, 6.07) is 10.2. The zero-order valence-corrected chi connectivity index (χ0v) is 16.0. The van der Waals surface area contributed by atoms with Gasteiger partial charge in [0.25, 0.3) is 0 Å². The molecule has 144 valence electrons. The molecule has 0 saturated carbocycles. The van der Waals surface area contributed by atoms with Gasteiger partial charge < -0.3 is 19.7 Å². The summed E-state index contributed by atoms with van der Waals surface area (Å²) in [6.45, 7) is 3.90. The van der Waals surface area contributed by atoms with Gasteiger partial charge in [-0.1, -0.05) is 12.1 Å². The van der Waals surface area contributed by atoms with Crippen LogP contribution in [0.25, 0.3) is 5.69 Å². The first-order chi connectivity index (χ1) is 13.6. The van der Waals surface area contributed by atoms with Crippen LogP contribution in [0, 0.1) is 0 Å². The Balaban J connectivity index is 1.49. The molecule has 1 aliphatic rings. The molecule has 0 aliphatic carbocycles. The lowest BCUT2D eigenvalue weighted by atomic mass is 10.1. The normalized spacial score (nSPS) is 15.6. The van der Waals surface area contributed by atoms with Crippen LogP contribution >= 0.6 is 0 Å². The topological polar surface area (TPSA) is 79.2 Å². The van der Waals surface area contributed by atoms with Crippen LogP contribution in [0.4, 0.5) is 11.6 Å². The number of rotatable bonds is 5. The van der Waals surface area contributed by atoms with Crippen LogP contribution in [0.15, 0.2) is 55.4 Å². The Hall–Kier alpha value is -3.42. The van der Waals surface area contributed by atoms with E-state index < -0.39 is 0 Å². The van der Waals surface area contributed by atoms with Crippen LogP contribution in [0.3, 0.4) is 0 Å². The molecule has 1 aliphatic heterocycles. The highest BCUT2D eigenvalue weighted by Crippen LogP contribution is 2.22. The molecule has 4 rings (SSSR count). The van der Waals surface area contributed by atoms with Crippen molar-refractivity contribution in [3.8, 4) is 5.69 Å². The molecule has 1 fully saturated rings. The van der Waals surface area contributed by atoms with Gasteiger partial charge in [-0.25, -0.2) is 15.0 Å². The first-order valence-electron chi connectivity index (χ1n) is 9.26. The summed E-state index contributed by atoms with van der Waals surface area (Å²) in [5.74, 6) is 1.60. The van der Waals surface area contributed by atoms with Gasteiger partial charge in [-0.05, 0) is 24.6 Å². The maximum atomic E-state index is 12.0. The third-order valence-corrected chi connectivity index (χ3v) is 4.97. The summed E-state index contributed by atoms with van der Waals surface area (Å²) in [4.78, 5) is 28.5. The molecule has 28 heavy (non-hydrogen) atoms. The lowest BCUT2D eigenvalue weighted by Crippen LogP contribution is -2.48. The quantitative estimate of drug-likeness (QED) is 0.734. The molecule has 1 unspecified atom stereocenters. The molecule has 3 aromatic rings. The minimum atomic E-state index is 0.0559. The van der Waals surface area contributed by atoms with Gasteiger partial charge in [0.1, 0.15) is 18.0 Å². The molecular formula is C20H23N7O. The Kier molecular flexibility index (Phi) is 4.92. The van der Waals surface area contributed by atoms with Crippen molar-refractivity contribution in [3.05, 3.63) is 60.9 Å². The van der Waals surface area contributed by atoms with Crippen LogP contribution in [0.1, 0.15) is 18.5 Å². The van der Waals surface area contributed by atoms with Crippen molar-refractivity contribution >= 4 is 17.5 Å². The van der Waals surface area contributed by atoms with Gasteiger partial charge in [-0.15, -0.1) is 0 Å². The zero-order valence-electron chi connectivity index (χ0n) is 16.0. The number of nitrogens with one attached hydrogen (secondary N) is 1. The fourth-order valence-electron chi connectivity index (χ4n) is 3.22. The first kappa shape index (κ1) is 18.0. The summed E-state index contributed by atoms with van der Waals surface area (Å²) < 4.78 is 1.98. The average Bonchev–Trinajstić information content (AvgIpc) is 3.25. The van der Waals surface area contributed by atoms with E-state index in [1.807, 2.05) is 40.9 Å². The predicted octanol–water partition coefficient (Wildman–Crippen LogP) is 2.11. The summed E-state index contributed by atoms with van der Waals surface area (Å²) in [5, 5.41) is 3.43. The van der Waals surface area contributed by atoms with Crippen molar-refractivity contribution in [1.29, 1.82) is 0 Å². The van der Waals surface area contributed by atoms with Gasteiger partial charge in [-0.2, -0.15) is 0 Å². The van der Waals surface area contributed by atoms with Gasteiger partial charge in [0.05, 0.1) is 18.9 Å². The number of aromatic nitrogens is 4. The van der Waals surface area contributed by atoms with Gasteiger partial charge in [0, 0.05) is 44.3 Å². The van der Waals surface area contributed by atoms with E-state index in [4.69, 9.17) is 0 Å². The number of benzene rings is 1. The molecule has 1 atom stereocenters. The Morgan fingerprint density at radius 2 is 2.07 bits per heavy atom. The number of anilines is 2. The highest BCUT2D eigenvalue weighted by atomic mass is 16.2. The second kappa shape index (κ2) is 7.67. The monoisotopic (exact) mass is 377 g/mol. The molecular weight excluding hydrogens is 354 g/mol. The van der Waals surface area contributed by atoms with Crippen LogP contribution in [0.2, 0.25) is 0 Å². The predicted molar refractivity (Wildman–Crippen MR) is 107 cm³/mol. The summed E-state index contributed by atoms with van der Waals surface area (Å²) in [7, 11) is 1.83. The Morgan fingerprint density at radius 1 is 1.18 bits per heavy atom. The van der Waals surface area contributed by atoms with Crippen molar-refractivity contribution in [1.82, 2.24) is 24.4 Å². The fourth-order valence-corrected chi connectivity index (χ4v) is 3.22. The maximum absolute atomic E-state index is 12.0. The average molecular weight is 377 g/mol. The molecule has 0 radical (unpaired) electrons. The van der Waals surface area contributed by atoms with Crippen LogP contribution in [-0.4, -0.2) is 57.0 Å². The molecule has 1 saturated heterocycles. The second-order valence-electron chi connectivity index (χ2n) is 6.93. The minimum absolute atomic E-state index is 0.0559. The van der Waals surface area contributed by atoms with E-state index in [0.717, 1.165) is 29.4 Å². The number of hydrogen-bond donors (Lipinski definition) is 1. The van der Waals surface area contributed by atoms with E-state index in [-0.39, 0.29) is 11.9 Å². The molecule has 8 heteroatoms. The van der Waals surface area contributed by atoms with Gasteiger partial charge in [-0.3, -0.25) is 4.79 Å². The summed E-state index contributed by atoms with van der Waals surface area (Å²) in [5.41, 5.74) is 2.20. The van der Waals surface area contributed by atoms with E-state index in [9.17, 15) is 4.79 Å². The number of carbonyl (C=O) groups excluding carboxylic acids is 1. The number of piperazine rings is 1. The van der Waals surface area contributed by atoms with Gasteiger partial charge in [0.2, 0.25) is 5.91 Å². The zero-order chi connectivity index (χ0) is 19.5. The number of imidazole rings is 1. The molecule has 1 amide bonds. The molecule has 8 nitrogen and oxygen atoms in total. The number of carbonyl (C=O) groups is 1.